The second kappa shape index (κ2) is 4.99. The van der Waals surface area contributed by atoms with Gasteiger partial charge in [-0.3, -0.25) is 14.9 Å². The van der Waals surface area contributed by atoms with Crippen molar-refractivity contribution in [3.8, 4) is 0 Å². The molecule has 0 N–H and O–H groups in total. The molecule has 0 aliphatic heterocycles. The van der Waals surface area contributed by atoms with Crippen molar-refractivity contribution in [2.24, 2.45) is 0 Å². The van der Waals surface area contributed by atoms with Crippen LogP contribution in [0.5, 0.6) is 0 Å². The molecule has 0 saturated carbocycles. The molecule has 1 aromatic rings. The van der Waals surface area contributed by atoms with Gasteiger partial charge in [0.2, 0.25) is 5.78 Å². The Hall–Kier alpha value is -2.18. The molecule has 0 aliphatic rings. The van der Waals surface area contributed by atoms with Crippen molar-refractivity contribution < 1.29 is 22.9 Å². The lowest BCUT2D eigenvalue weighted by atomic mass is 10.1. The van der Waals surface area contributed by atoms with Crippen molar-refractivity contribution in [3.63, 3.8) is 0 Å². The van der Waals surface area contributed by atoms with Crippen molar-refractivity contribution in [3.05, 3.63) is 51.2 Å². The fourth-order valence-electron chi connectivity index (χ4n) is 1.31. The van der Waals surface area contributed by atoms with Gasteiger partial charge in [-0.2, -0.15) is 13.2 Å². The van der Waals surface area contributed by atoms with Gasteiger partial charge in [-0.05, 0) is 11.6 Å². The maximum Gasteiger partial charge on any atom is 0.416 e. The van der Waals surface area contributed by atoms with Gasteiger partial charge in [-0.25, -0.2) is 0 Å². The number of hydrogen-bond donors (Lipinski definition) is 0. The quantitative estimate of drug-likeness (QED) is 0.476. The molecule has 0 spiro atoms. The number of nitrogens with zero attached hydrogens (tertiary/aromatic N) is 1. The lowest BCUT2D eigenvalue weighted by Crippen LogP contribution is -2.10. The fraction of sp³-hybridized carbons (Fsp3) is 0.182. The maximum atomic E-state index is 12.6. The summed E-state index contributed by atoms with van der Waals surface area (Å²) in [5, 5.41) is 10.5. The molecule has 4 nitrogen and oxygen atoms in total. The third kappa shape index (κ3) is 3.16. The van der Waals surface area contributed by atoms with Gasteiger partial charge in [0.15, 0.2) is 0 Å². The Morgan fingerprint density at radius 3 is 2.33 bits per heavy atom. The van der Waals surface area contributed by atoms with Gasteiger partial charge in [0, 0.05) is 13.0 Å². The normalized spacial score (nSPS) is 12.3. The number of ketones is 1. The second-order valence-electron chi connectivity index (χ2n) is 3.43. The Morgan fingerprint density at radius 2 is 1.89 bits per heavy atom. The van der Waals surface area contributed by atoms with Gasteiger partial charge >= 0.3 is 11.9 Å². The number of Topliss-reactive ketones (excluding diaryl/α,β-unsaturated/α-hetero) is 1. The van der Waals surface area contributed by atoms with Crippen LogP contribution in [0.1, 0.15) is 18.1 Å². The largest absolute Gasteiger partial charge is 0.416 e. The van der Waals surface area contributed by atoms with Crippen LogP contribution in [-0.2, 0) is 11.0 Å². The number of allylic oxidation sites excluding steroid dienone is 1. The third-order valence-electron chi connectivity index (χ3n) is 2.12. The number of alkyl halides is 3. The highest BCUT2D eigenvalue weighted by Gasteiger charge is 2.33. The predicted octanol–water partition coefficient (Wildman–Crippen LogP) is 2.91. The van der Waals surface area contributed by atoms with Crippen LogP contribution in [0.3, 0.4) is 0 Å². The number of rotatable bonds is 3. The maximum absolute atomic E-state index is 12.6. The van der Waals surface area contributed by atoms with E-state index in [-0.39, 0.29) is 0 Å². The molecule has 7 heteroatoms. The smallest absolute Gasteiger partial charge is 0.288 e. The summed E-state index contributed by atoms with van der Waals surface area (Å²) < 4.78 is 37.9. The average molecular weight is 259 g/mol. The molecule has 96 valence electrons. The van der Waals surface area contributed by atoms with Gasteiger partial charge in [0.25, 0.3) is 0 Å². The first-order valence-electron chi connectivity index (χ1n) is 4.76. The van der Waals surface area contributed by atoms with Gasteiger partial charge in [0.1, 0.15) is 0 Å². The number of hydrogen-bond acceptors (Lipinski definition) is 3. The molecule has 0 unspecified atom stereocenters. The van der Waals surface area contributed by atoms with Crippen LogP contribution in [0.15, 0.2) is 30.0 Å². The monoisotopic (exact) mass is 259 g/mol. The van der Waals surface area contributed by atoms with Crippen LogP contribution >= 0.6 is 0 Å². The Labute approximate surface area is 99.9 Å². The van der Waals surface area contributed by atoms with Crippen LogP contribution < -0.4 is 0 Å². The Morgan fingerprint density at radius 1 is 1.33 bits per heavy atom. The average Bonchev–Trinajstić information content (AvgIpc) is 2.24. The molecular weight excluding hydrogens is 251 g/mol. The van der Waals surface area contributed by atoms with Crippen molar-refractivity contribution in [2.45, 2.75) is 13.1 Å². The first kappa shape index (κ1) is 13.9. The minimum Gasteiger partial charge on any atom is -0.288 e. The number of nitro groups is 1. The van der Waals surface area contributed by atoms with Crippen molar-refractivity contribution in [1.29, 1.82) is 0 Å². The molecule has 0 bridgehead atoms. The van der Waals surface area contributed by atoms with Crippen LogP contribution in [-0.4, -0.2) is 10.7 Å². The van der Waals surface area contributed by atoms with Crippen molar-refractivity contribution in [1.82, 2.24) is 0 Å². The molecule has 0 aliphatic carbocycles. The van der Waals surface area contributed by atoms with E-state index in [0.717, 1.165) is 19.1 Å². The summed E-state index contributed by atoms with van der Waals surface area (Å²) in [4.78, 5) is 20.5. The van der Waals surface area contributed by atoms with E-state index in [1.54, 1.807) is 0 Å². The van der Waals surface area contributed by atoms with E-state index in [4.69, 9.17) is 0 Å². The second-order valence-corrected chi connectivity index (χ2v) is 3.43. The molecular formula is C11H8F3NO3. The highest BCUT2D eigenvalue weighted by atomic mass is 19.4. The van der Waals surface area contributed by atoms with Crippen molar-refractivity contribution >= 4 is 11.9 Å². The van der Waals surface area contributed by atoms with E-state index in [9.17, 15) is 28.1 Å². The highest BCUT2D eigenvalue weighted by molar-refractivity contribution is 5.95. The summed E-state index contributed by atoms with van der Waals surface area (Å²) in [5.74, 6) is -0.906. The standard InChI is InChI=1S/C11H8F3NO3/c1-7(16)10(15(17)18)6-8-4-2-3-5-9(8)11(12,13)14/h2-6H,1H3. The molecule has 1 rings (SSSR count). The summed E-state index contributed by atoms with van der Waals surface area (Å²) in [7, 11) is 0. The summed E-state index contributed by atoms with van der Waals surface area (Å²) in [6, 6.07) is 4.33. The molecule has 18 heavy (non-hydrogen) atoms. The van der Waals surface area contributed by atoms with Gasteiger partial charge in [-0.15, -0.1) is 0 Å². The van der Waals surface area contributed by atoms with Gasteiger partial charge in [0.05, 0.1) is 10.5 Å². The SMILES string of the molecule is CC(=O)C(=Cc1ccccc1C(F)(F)F)[N+](=O)[O-]. The van der Waals surface area contributed by atoms with E-state index in [2.05, 4.69) is 0 Å². The Balaban J connectivity index is 3.38. The zero-order valence-corrected chi connectivity index (χ0v) is 9.19. The number of halogens is 3. The number of carbonyl (C=O) groups is 1. The zero-order chi connectivity index (χ0) is 13.9. The minimum absolute atomic E-state index is 0.410. The van der Waals surface area contributed by atoms with Crippen molar-refractivity contribution in [2.75, 3.05) is 0 Å². The molecule has 0 fully saturated rings. The van der Waals surface area contributed by atoms with Crippen LogP contribution in [0, 0.1) is 10.1 Å². The topological polar surface area (TPSA) is 60.2 Å². The lowest BCUT2D eigenvalue weighted by molar-refractivity contribution is -0.417. The molecule has 0 saturated heterocycles. The molecule has 0 heterocycles. The molecule has 0 amide bonds. The van der Waals surface area contributed by atoms with Crippen LogP contribution in [0.2, 0.25) is 0 Å². The number of benzene rings is 1. The fourth-order valence-corrected chi connectivity index (χ4v) is 1.31. The van der Waals surface area contributed by atoms with E-state index >= 15 is 0 Å². The van der Waals surface area contributed by atoms with E-state index < -0.39 is 33.7 Å². The molecule has 0 radical (unpaired) electrons. The first-order chi connectivity index (χ1) is 8.23. The van der Waals surface area contributed by atoms with E-state index in [1.807, 2.05) is 0 Å². The molecule has 0 aromatic heterocycles. The minimum atomic E-state index is -4.63. The lowest BCUT2D eigenvalue weighted by Gasteiger charge is -2.09. The zero-order valence-electron chi connectivity index (χ0n) is 9.19. The summed E-state index contributed by atoms with van der Waals surface area (Å²) in [5.41, 5.74) is -2.32. The predicted molar refractivity (Wildman–Crippen MR) is 57.1 cm³/mol. The van der Waals surface area contributed by atoms with Crippen LogP contribution in [0.25, 0.3) is 6.08 Å². The summed E-state index contributed by atoms with van der Waals surface area (Å²) in [6.07, 6.45) is -4.00. The highest BCUT2D eigenvalue weighted by Crippen LogP contribution is 2.32. The Bertz CT molecular complexity index is 505. The molecule has 1 aromatic carbocycles. The van der Waals surface area contributed by atoms with Crippen LogP contribution in [0.4, 0.5) is 13.2 Å². The summed E-state index contributed by atoms with van der Waals surface area (Å²) in [6.45, 7) is 0.921. The van der Waals surface area contributed by atoms with Gasteiger partial charge in [-0.1, -0.05) is 18.2 Å². The summed E-state index contributed by atoms with van der Waals surface area (Å²) >= 11 is 0. The van der Waals surface area contributed by atoms with Gasteiger partial charge < -0.3 is 0 Å². The third-order valence-corrected chi connectivity index (χ3v) is 2.12. The Kier molecular flexibility index (Phi) is 3.85. The first-order valence-corrected chi connectivity index (χ1v) is 4.76. The number of carbonyl (C=O) groups excluding carboxylic acids is 1. The molecule has 0 atom stereocenters. The van der Waals surface area contributed by atoms with E-state index in [1.165, 1.54) is 12.1 Å². The van der Waals surface area contributed by atoms with E-state index in [0.29, 0.717) is 6.08 Å².